The Labute approximate surface area is 168 Å². The molecule has 28 heavy (non-hydrogen) atoms. The van der Waals surface area contributed by atoms with Gasteiger partial charge in [0.2, 0.25) is 0 Å². The molecule has 0 amide bonds. The molecule has 1 saturated heterocycles. The first-order valence-electron chi connectivity index (χ1n) is 10.8. The first kappa shape index (κ1) is 19.4. The van der Waals surface area contributed by atoms with E-state index in [9.17, 15) is 0 Å². The molecule has 2 aromatic heterocycles. The predicted octanol–water partition coefficient (Wildman–Crippen LogP) is 5.09. The smallest absolute Gasteiger partial charge is 0.140 e. The highest BCUT2D eigenvalue weighted by atomic mass is 16.4. The number of pyridine rings is 1. The van der Waals surface area contributed by atoms with Crippen LogP contribution in [-0.4, -0.2) is 45.0 Å². The quantitative estimate of drug-likeness (QED) is 0.457. The standard InChI is InChI=1S/C23H34N4O/c1-23(2,3)18-6-8-19(9-7-18)26-13-10-20(11-14-26)27-16-17(15-25-28)21-5-4-12-24-22(21)27/h4-5,12,15-16,18-20,28H,6-11,13-14H2,1-3H3/b25-15+. The molecule has 5 nitrogen and oxygen atoms in total. The van der Waals surface area contributed by atoms with Crippen LogP contribution in [0.15, 0.2) is 29.7 Å². The molecule has 2 aromatic rings. The highest BCUT2D eigenvalue weighted by Crippen LogP contribution is 2.40. The highest BCUT2D eigenvalue weighted by molar-refractivity contribution is 5.97. The van der Waals surface area contributed by atoms with Gasteiger partial charge in [-0.3, -0.25) is 0 Å². The SMILES string of the molecule is CC(C)(C)C1CCC(N2CCC(n3cc(/C=N/O)c4cccnc43)CC2)CC1. The molecular formula is C23H34N4O. The molecule has 152 valence electrons. The monoisotopic (exact) mass is 382 g/mol. The van der Waals surface area contributed by atoms with Crippen molar-refractivity contribution in [2.75, 3.05) is 13.1 Å². The maximum atomic E-state index is 8.98. The summed E-state index contributed by atoms with van der Waals surface area (Å²) in [6.45, 7) is 9.54. The zero-order valence-corrected chi connectivity index (χ0v) is 17.5. The number of fused-ring (bicyclic) bond motifs is 1. The van der Waals surface area contributed by atoms with E-state index in [1.165, 1.54) is 45.0 Å². The second-order valence-electron chi connectivity index (χ2n) is 9.75. The van der Waals surface area contributed by atoms with Crippen LogP contribution in [0, 0.1) is 11.3 Å². The van der Waals surface area contributed by atoms with E-state index in [1.54, 1.807) is 0 Å². The van der Waals surface area contributed by atoms with Crippen LogP contribution in [0.2, 0.25) is 0 Å². The maximum absolute atomic E-state index is 8.98. The van der Waals surface area contributed by atoms with Crippen molar-refractivity contribution in [2.24, 2.45) is 16.5 Å². The van der Waals surface area contributed by atoms with Gasteiger partial charge in [-0.1, -0.05) is 25.9 Å². The van der Waals surface area contributed by atoms with Crippen molar-refractivity contribution in [2.45, 2.75) is 71.4 Å². The number of hydrogen-bond acceptors (Lipinski definition) is 4. The van der Waals surface area contributed by atoms with Crippen LogP contribution < -0.4 is 0 Å². The fourth-order valence-corrected chi connectivity index (χ4v) is 5.39. The van der Waals surface area contributed by atoms with Crippen LogP contribution in [0.5, 0.6) is 0 Å². The van der Waals surface area contributed by atoms with Gasteiger partial charge in [-0.15, -0.1) is 0 Å². The molecule has 1 aliphatic carbocycles. The zero-order valence-electron chi connectivity index (χ0n) is 17.5. The van der Waals surface area contributed by atoms with Crippen molar-refractivity contribution in [1.82, 2.24) is 14.5 Å². The summed E-state index contributed by atoms with van der Waals surface area (Å²) >= 11 is 0. The van der Waals surface area contributed by atoms with Crippen molar-refractivity contribution < 1.29 is 5.21 Å². The van der Waals surface area contributed by atoms with Crippen LogP contribution in [0.1, 0.15) is 70.9 Å². The number of oxime groups is 1. The van der Waals surface area contributed by atoms with Gasteiger partial charge in [-0.25, -0.2) is 4.98 Å². The fraction of sp³-hybridized carbons (Fsp3) is 0.652. The number of hydrogen-bond donors (Lipinski definition) is 1. The fourth-order valence-electron chi connectivity index (χ4n) is 5.39. The van der Waals surface area contributed by atoms with Gasteiger partial charge >= 0.3 is 0 Å². The average Bonchev–Trinajstić information content (AvgIpc) is 3.07. The highest BCUT2D eigenvalue weighted by Gasteiger charge is 2.33. The van der Waals surface area contributed by atoms with Crippen LogP contribution >= 0.6 is 0 Å². The average molecular weight is 383 g/mol. The lowest BCUT2D eigenvalue weighted by molar-refractivity contribution is 0.0722. The molecular weight excluding hydrogens is 348 g/mol. The van der Waals surface area contributed by atoms with Gasteiger partial charge in [0, 0.05) is 48.5 Å². The molecule has 2 aliphatic rings. The van der Waals surface area contributed by atoms with E-state index in [2.05, 4.69) is 52.6 Å². The number of likely N-dealkylation sites (tertiary alicyclic amines) is 1. The lowest BCUT2D eigenvalue weighted by atomic mass is 9.71. The molecule has 0 aromatic carbocycles. The first-order valence-corrected chi connectivity index (χ1v) is 10.8. The Balaban J connectivity index is 1.41. The normalized spacial score (nSPS) is 25.7. The summed E-state index contributed by atoms with van der Waals surface area (Å²) in [6, 6.07) is 5.24. The van der Waals surface area contributed by atoms with Gasteiger partial charge in [0.15, 0.2) is 0 Å². The van der Waals surface area contributed by atoms with Gasteiger partial charge < -0.3 is 14.7 Å². The Kier molecular flexibility index (Phi) is 5.46. The number of aromatic nitrogens is 2. The molecule has 3 heterocycles. The molecule has 1 N–H and O–H groups in total. The van der Waals surface area contributed by atoms with E-state index in [0.717, 1.165) is 41.4 Å². The summed E-state index contributed by atoms with van der Waals surface area (Å²) in [7, 11) is 0. The van der Waals surface area contributed by atoms with E-state index < -0.39 is 0 Å². The van der Waals surface area contributed by atoms with Crippen LogP contribution in [0.3, 0.4) is 0 Å². The second-order valence-corrected chi connectivity index (χ2v) is 9.75. The Morgan fingerprint density at radius 1 is 1.07 bits per heavy atom. The number of nitrogens with zero attached hydrogens (tertiary/aromatic N) is 4. The summed E-state index contributed by atoms with van der Waals surface area (Å²) < 4.78 is 2.31. The van der Waals surface area contributed by atoms with E-state index in [1.807, 2.05) is 12.3 Å². The first-order chi connectivity index (χ1) is 13.5. The van der Waals surface area contributed by atoms with E-state index >= 15 is 0 Å². The summed E-state index contributed by atoms with van der Waals surface area (Å²) in [5.74, 6) is 0.880. The molecule has 1 aliphatic heterocycles. The summed E-state index contributed by atoms with van der Waals surface area (Å²) in [5.41, 5.74) is 2.39. The second kappa shape index (κ2) is 7.86. The maximum Gasteiger partial charge on any atom is 0.140 e. The van der Waals surface area contributed by atoms with Crippen molar-refractivity contribution in [3.8, 4) is 0 Å². The van der Waals surface area contributed by atoms with Gasteiger partial charge in [0.05, 0.1) is 6.21 Å². The third-order valence-corrected chi connectivity index (χ3v) is 7.15. The van der Waals surface area contributed by atoms with E-state index in [-0.39, 0.29) is 0 Å². The van der Waals surface area contributed by atoms with Gasteiger partial charge in [-0.2, -0.15) is 0 Å². The molecule has 0 bridgehead atoms. The minimum Gasteiger partial charge on any atom is -0.411 e. The van der Waals surface area contributed by atoms with Crippen molar-refractivity contribution in [3.05, 3.63) is 30.1 Å². The predicted molar refractivity (Wildman–Crippen MR) is 114 cm³/mol. The molecule has 0 radical (unpaired) electrons. The van der Waals surface area contributed by atoms with Crippen molar-refractivity contribution in [1.29, 1.82) is 0 Å². The van der Waals surface area contributed by atoms with Gasteiger partial charge in [-0.05, 0) is 62.0 Å². The third-order valence-electron chi connectivity index (χ3n) is 7.15. The third kappa shape index (κ3) is 3.82. The number of rotatable bonds is 3. The lowest BCUT2D eigenvalue weighted by Gasteiger charge is -2.43. The molecule has 4 rings (SSSR count). The zero-order chi connectivity index (χ0) is 19.7. The Bertz CT molecular complexity index is 819. The minimum atomic E-state index is 0.454. The van der Waals surface area contributed by atoms with Crippen LogP contribution in [0.25, 0.3) is 11.0 Å². The van der Waals surface area contributed by atoms with E-state index in [4.69, 9.17) is 5.21 Å². The minimum absolute atomic E-state index is 0.454. The lowest BCUT2D eigenvalue weighted by Crippen LogP contribution is -2.44. The molecule has 5 heteroatoms. The van der Waals surface area contributed by atoms with Crippen LogP contribution in [-0.2, 0) is 0 Å². The molecule has 2 fully saturated rings. The van der Waals surface area contributed by atoms with Gasteiger partial charge in [0.1, 0.15) is 5.65 Å². The van der Waals surface area contributed by atoms with Crippen molar-refractivity contribution in [3.63, 3.8) is 0 Å². The molecule has 0 unspecified atom stereocenters. The summed E-state index contributed by atoms with van der Waals surface area (Å²) in [6.07, 6.45) is 13.3. The van der Waals surface area contributed by atoms with Crippen molar-refractivity contribution >= 4 is 17.2 Å². The largest absolute Gasteiger partial charge is 0.411 e. The Hall–Kier alpha value is -1.88. The Morgan fingerprint density at radius 3 is 2.43 bits per heavy atom. The Morgan fingerprint density at radius 2 is 1.79 bits per heavy atom. The molecule has 0 atom stereocenters. The molecule has 0 spiro atoms. The van der Waals surface area contributed by atoms with Crippen LogP contribution in [0.4, 0.5) is 0 Å². The summed E-state index contributed by atoms with van der Waals surface area (Å²) in [5, 5.41) is 13.3. The topological polar surface area (TPSA) is 53.7 Å². The van der Waals surface area contributed by atoms with Gasteiger partial charge in [0.25, 0.3) is 0 Å². The van der Waals surface area contributed by atoms with E-state index in [0.29, 0.717) is 11.5 Å². The number of piperidine rings is 1. The molecule has 1 saturated carbocycles. The summed E-state index contributed by atoms with van der Waals surface area (Å²) in [4.78, 5) is 7.35.